The second-order valence-corrected chi connectivity index (χ2v) is 5.72. The Hall–Kier alpha value is -2.11. The van der Waals surface area contributed by atoms with Crippen LogP contribution in [-0.4, -0.2) is 43.9 Å². The summed E-state index contributed by atoms with van der Waals surface area (Å²) < 4.78 is 1.84. The maximum Gasteiger partial charge on any atom is 0.224 e. The number of aromatic nitrogens is 4. The molecule has 6 nitrogen and oxygen atoms in total. The number of rotatable bonds is 4. The summed E-state index contributed by atoms with van der Waals surface area (Å²) in [6.45, 7) is 4.31. The van der Waals surface area contributed by atoms with Gasteiger partial charge in [0.1, 0.15) is 0 Å². The lowest BCUT2D eigenvalue weighted by atomic mass is 9.95. The van der Waals surface area contributed by atoms with Gasteiger partial charge in [-0.25, -0.2) is 0 Å². The van der Waals surface area contributed by atoms with Gasteiger partial charge in [0.2, 0.25) is 5.91 Å². The van der Waals surface area contributed by atoms with E-state index in [1.165, 1.54) is 0 Å². The van der Waals surface area contributed by atoms with Gasteiger partial charge in [-0.15, -0.1) is 0 Å². The number of H-pyrrole nitrogens is 1. The van der Waals surface area contributed by atoms with E-state index in [2.05, 4.69) is 15.3 Å². The van der Waals surface area contributed by atoms with Gasteiger partial charge in [0.05, 0.1) is 6.20 Å². The number of nitrogens with one attached hydrogen (secondary N) is 1. The number of carbonyl (C=O) groups is 1. The highest BCUT2D eigenvalue weighted by atomic mass is 16.2. The summed E-state index contributed by atoms with van der Waals surface area (Å²) in [6, 6.07) is 2.01. The standard InChI is InChI=1S/C15H21N5O/c1-12-9-17-20(10-12)8-5-15(21)19-7-2-3-13(11-19)14-4-6-16-18-14/h4,6,9-10,13H,2-3,5,7-8,11H2,1H3,(H,16,18)/t13-/m1/s1. The van der Waals surface area contributed by atoms with E-state index in [0.717, 1.165) is 37.2 Å². The maximum absolute atomic E-state index is 12.4. The van der Waals surface area contributed by atoms with Crippen molar-refractivity contribution in [1.29, 1.82) is 0 Å². The highest BCUT2D eigenvalue weighted by molar-refractivity contribution is 5.76. The summed E-state index contributed by atoms with van der Waals surface area (Å²) in [5, 5.41) is 11.3. The predicted octanol–water partition coefficient (Wildman–Crippen LogP) is 1.71. The second-order valence-electron chi connectivity index (χ2n) is 5.72. The Balaban J connectivity index is 1.54. The number of likely N-dealkylation sites (tertiary alicyclic amines) is 1. The van der Waals surface area contributed by atoms with Crippen molar-refractivity contribution < 1.29 is 4.79 Å². The Bertz CT molecular complexity index is 589. The molecule has 0 aliphatic carbocycles. The van der Waals surface area contributed by atoms with Gasteiger partial charge in [-0.05, 0) is 31.4 Å². The molecule has 112 valence electrons. The highest BCUT2D eigenvalue weighted by Crippen LogP contribution is 2.25. The summed E-state index contributed by atoms with van der Waals surface area (Å²) >= 11 is 0. The van der Waals surface area contributed by atoms with Crippen molar-refractivity contribution in [1.82, 2.24) is 24.9 Å². The van der Waals surface area contributed by atoms with Crippen LogP contribution in [0.2, 0.25) is 0 Å². The van der Waals surface area contributed by atoms with Crippen LogP contribution < -0.4 is 0 Å². The van der Waals surface area contributed by atoms with Gasteiger partial charge >= 0.3 is 0 Å². The van der Waals surface area contributed by atoms with Crippen LogP contribution in [0.4, 0.5) is 0 Å². The fourth-order valence-electron chi connectivity index (χ4n) is 2.91. The Labute approximate surface area is 124 Å². The number of piperidine rings is 1. The minimum Gasteiger partial charge on any atom is -0.342 e. The van der Waals surface area contributed by atoms with Gasteiger partial charge in [-0.2, -0.15) is 10.2 Å². The molecule has 1 fully saturated rings. The molecular weight excluding hydrogens is 266 g/mol. The van der Waals surface area contributed by atoms with Crippen LogP contribution in [0.3, 0.4) is 0 Å². The zero-order valence-corrected chi connectivity index (χ0v) is 12.3. The summed E-state index contributed by atoms with van der Waals surface area (Å²) in [4.78, 5) is 14.3. The number of hydrogen-bond acceptors (Lipinski definition) is 3. The number of nitrogens with zero attached hydrogens (tertiary/aromatic N) is 4. The lowest BCUT2D eigenvalue weighted by molar-refractivity contribution is -0.132. The SMILES string of the molecule is Cc1cnn(CCC(=O)N2CCC[C@@H](c3ccn[nH]3)C2)c1. The fourth-order valence-corrected chi connectivity index (χ4v) is 2.91. The number of aromatic amines is 1. The first kappa shape index (κ1) is 13.9. The zero-order valence-electron chi connectivity index (χ0n) is 12.3. The van der Waals surface area contributed by atoms with Gasteiger partial charge in [-0.3, -0.25) is 14.6 Å². The first-order valence-electron chi connectivity index (χ1n) is 7.48. The molecule has 1 N–H and O–H groups in total. The molecule has 2 aromatic heterocycles. The minimum absolute atomic E-state index is 0.215. The van der Waals surface area contributed by atoms with E-state index in [-0.39, 0.29) is 5.91 Å². The first-order valence-corrected chi connectivity index (χ1v) is 7.48. The van der Waals surface area contributed by atoms with Crippen molar-refractivity contribution in [2.75, 3.05) is 13.1 Å². The summed E-state index contributed by atoms with van der Waals surface area (Å²) in [5.41, 5.74) is 2.26. The van der Waals surface area contributed by atoms with E-state index in [9.17, 15) is 4.79 Å². The Kier molecular flexibility index (Phi) is 4.03. The van der Waals surface area contributed by atoms with E-state index in [1.54, 1.807) is 6.20 Å². The molecule has 21 heavy (non-hydrogen) atoms. The molecular formula is C15H21N5O. The normalized spacial score (nSPS) is 18.9. The Morgan fingerprint density at radius 3 is 3.14 bits per heavy atom. The summed E-state index contributed by atoms with van der Waals surface area (Å²) in [7, 11) is 0. The lowest BCUT2D eigenvalue weighted by Crippen LogP contribution is -2.39. The van der Waals surface area contributed by atoms with Crippen molar-refractivity contribution in [3.05, 3.63) is 35.9 Å². The van der Waals surface area contributed by atoms with E-state index in [1.807, 2.05) is 35.0 Å². The van der Waals surface area contributed by atoms with Crippen LogP contribution in [0.1, 0.15) is 36.4 Å². The summed E-state index contributed by atoms with van der Waals surface area (Å²) in [5.74, 6) is 0.601. The monoisotopic (exact) mass is 287 g/mol. The van der Waals surface area contributed by atoms with Crippen LogP contribution in [0, 0.1) is 6.92 Å². The second kappa shape index (κ2) is 6.11. The molecule has 2 aromatic rings. The van der Waals surface area contributed by atoms with Gasteiger partial charge in [0, 0.05) is 50.1 Å². The van der Waals surface area contributed by atoms with Crippen molar-refractivity contribution in [3.63, 3.8) is 0 Å². The number of hydrogen-bond donors (Lipinski definition) is 1. The van der Waals surface area contributed by atoms with Crippen molar-refractivity contribution in [3.8, 4) is 0 Å². The van der Waals surface area contributed by atoms with Gasteiger partial charge in [0.15, 0.2) is 0 Å². The molecule has 6 heteroatoms. The molecule has 1 amide bonds. The topological polar surface area (TPSA) is 66.8 Å². The average molecular weight is 287 g/mol. The summed E-state index contributed by atoms with van der Waals surface area (Å²) in [6.07, 6.45) is 8.24. The van der Waals surface area contributed by atoms with Gasteiger partial charge < -0.3 is 4.90 Å². The number of aryl methyl sites for hydroxylation is 2. The van der Waals surface area contributed by atoms with Crippen molar-refractivity contribution in [2.45, 2.75) is 38.6 Å². The third-order valence-electron chi connectivity index (χ3n) is 4.05. The molecule has 0 saturated carbocycles. The number of carbonyl (C=O) groups excluding carboxylic acids is 1. The minimum atomic E-state index is 0.215. The van der Waals surface area contributed by atoms with E-state index in [0.29, 0.717) is 18.9 Å². The average Bonchev–Trinajstić information content (AvgIpc) is 3.16. The largest absolute Gasteiger partial charge is 0.342 e. The third-order valence-corrected chi connectivity index (χ3v) is 4.05. The third kappa shape index (κ3) is 3.32. The van der Waals surface area contributed by atoms with Crippen LogP contribution in [0.15, 0.2) is 24.7 Å². The highest BCUT2D eigenvalue weighted by Gasteiger charge is 2.25. The van der Waals surface area contributed by atoms with E-state index >= 15 is 0 Å². The van der Waals surface area contributed by atoms with E-state index < -0.39 is 0 Å². The first-order chi connectivity index (χ1) is 10.2. The lowest BCUT2D eigenvalue weighted by Gasteiger charge is -2.32. The molecule has 0 aromatic carbocycles. The molecule has 1 saturated heterocycles. The Morgan fingerprint density at radius 2 is 2.43 bits per heavy atom. The molecule has 0 spiro atoms. The number of amides is 1. The van der Waals surface area contributed by atoms with E-state index in [4.69, 9.17) is 0 Å². The Morgan fingerprint density at radius 1 is 1.52 bits per heavy atom. The zero-order chi connectivity index (χ0) is 14.7. The van der Waals surface area contributed by atoms with Gasteiger partial charge in [-0.1, -0.05) is 0 Å². The van der Waals surface area contributed by atoms with Crippen molar-refractivity contribution >= 4 is 5.91 Å². The van der Waals surface area contributed by atoms with Crippen LogP contribution in [0.5, 0.6) is 0 Å². The quantitative estimate of drug-likeness (QED) is 0.931. The molecule has 0 radical (unpaired) electrons. The van der Waals surface area contributed by atoms with Crippen LogP contribution >= 0.6 is 0 Å². The van der Waals surface area contributed by atoms with Crippen molar-refractivity contribution in [2.24, 2.45) is 0 Å². The predicted molar refractivity (Wildman–Crippen MR) is 78.7 cm³/mol. The molecule has 0 unspecified atom stereocenters. The smallest absolute Gasteiger partial charge is 0.224 e. The molecule has 0 bridgehead atoms. The fraction of sp³-hybridized carbons (Fsp3) is 0.533. The molecule has 3 heterocycles. The molecule has 1 atom stereocenters. The molecule has 1 aliphatic heterocycles. The van der Waals surface area contributed by atoms with Crippen LogP contribution in [-0.2, 0) is 11.3 Å². The van der Waals surface area contributed by atoms with Gasteiger partial charge in [0.25, 0.3) is 0 Å². The van der Waals surface area contributed by atoms with Crippen LogP contribution in [0.25, 0.3) is 0 Å². The maximum atomic E-state index is 12.4. The molecule has 3 rings (SSSR count). The molecule has 1 aliphatic rings.